The number of halogens is 1. The Morgan fingerprint density at radius 2 is 2.18 bits per heavy atom. The average molecular weight is 302 g/mol. The van der Waals surface area contributed by atoms with Gasteiger partial charge in [-0.15, -0.1) is 0 Å². The number of carboxylic acid groups (broad SMARTS) is 1. The minimum Gasteiger partial charge on any atom is -0.478 e. The van der Waals surface area contributed by atoms with Gasteiger partial charge in [0.25, 0.3) is 0 Å². The molecule has 1 unspecified atom stereocenters. The smallest absolute Gasteiger partial charge is 0.335 e. The third-order valence-electron chi connectivity index (χ3n) is 2.49. The zero-order chi connectivity index (χ0) is 12.8. The van der Waals surface area contributed by atoms with Crippen LogP contribution in [0.25, 0.3) is 0 Å². The van der Waals surface area contributed by atoms with Crippen molar-refractivity contribution in [3.8, 4) is 0 Å². The lowest BCUT2D eigenvalue weighted by Crippen LogP contribution is -2.20. The molecule has 94 valence electrons. The molecule has 0 aliphatic carbocycles. The summed E-state index contributed by atoms with van der Waals surface area (Å²) in [7, 11) is 0. The van der Waals surface area contributed by atoms with E-state index < -0.39 is 5.97 Å². The highest BCUT2D eigenvalue weighted by molar-refractivity contribution is 9.10. The van der Waals surface area contributed by atoms with Crippen molar-refractivity contribution < 1.29 is 15.0 Å². The molecule has 0 saturated heterocycles. The van der Waals surface area contributed by atoms with Crippen molar-refractivity contribution >= 4 is 27.6 Å². The van der Waals surface area contributed by atoms with Crippen LogP contribution in [0.4, 0.5) is 5.69 Å². The first-order valence-corrected chi connectivity index (χ1v) is 6.27. The summed E-state index contributed by atoms with van der Waals surface area (Å²) in [4.78, 5) is 10.9. The van der Waals surface area contributed by atoms with E-state index in [2.05, 4.69) is 21.2 Å². The number of rotatable bonds is 6. The minimum absolute atomic E-state index is 0.116. The third-order valence-corrected chi connectivity index (χ3v) is 2.94. The molecule has 0 saturated carbocycles. The van der Waals surface area contributed by atoms with E-state index in [1.165, 1.54) is 0 Å². The van der Waals surface area contributed by atoms with Gasteiger partial charge in [-0.25, -0.2) is 4.79 Å². The standard InChI is InChI=1S/C12H16BrNO3/c1-2-10(3-4-15)14-11-6-8(12(16)17)5-9(13)7-11/h5-7,10,14-15H,2-4H2,1H3,(H,16,17). The van der Waals surface area contributed by atoms with Crippen LogP contribution in [-0.4, -0.2) is 28.8 Å². The third kappa shape index (κ3) is 4.36. The molecule has 0 heterocycles. The van der Waals surface area contributed by atoms with Gasteiger partial charge in [0.2, 0.25) is 0 Å². The quantitative estimate of drug-likeness (QED) is 0.755. The second-order valence-corrected chi connectivity index (χ2v) is 4.71. The maximum atomic E-state index is 10.9. The molecule has 0 fully saturated rings. The first-order chi connectivity index (χ1) is 8.06. The van der Waals surface area contributed by atoms with Crippen molar-refractivity contribution in [1.82, 2.24) is 0 Å². The molecule has 0 aliphatic heterocycles. The van der Waals surface area contributed by atoms with Gasteiger partial charge in [-0.1, -0.05) is 22.9 Å². The summed E-state index contributed by atoms with van der Waals surface area (Å²) in [5, 5.41) is 21.1. The van der Waals surface area contributed by atoms with Gasteiger partial charge in [-0.3, -0.25) is 0 Å². The summed E-state index contributed by atoms with van der Waals surface area (Å²) in [5.74, 6) is -0.954. The largest absolute Gasteiger partial charge is 0.478 e. The van der Waals surface area contributed by atoms with Gasteiger partial charge < -0.3 is 15.5 Å². The minimum atomic E-state index is -0.954. The number of nitrogens with one attached hydrogen (secondary N) is 1. The molecule has 1 atom stereocenters. The van der Waals surface area contributed by atoms with Crippen LogP contribution in [0.5, 0.6) is 0 Å². The Morgan fingerprint density at radius 1 is 1.47 bits per heavy atom. The lowest BCUT2D eigenvalue weighted by molar-refractivity contribution is 0.0697. The molecular weight excluding hydrogens is 286 g/mol. The average Bonchev–Trinajstić information content (AvgIpc) is 2.27. The molecule has 4 nitrogen and oxygen atoms in total. The number of benzene rings is 1. The topological polar surface area (TPSA) is 69.6 Å². The number of hydrogen-bond donors (Lipinski definition) is 3. The number of hydrogen-bond acceptors (Lipinski definition) is 3. The van der Waals surface area contributed by atoms with Gasteiger partial charge in [-0.2, -0.15) is 0 Å². The predicted molar refractivity (Wildman–Crippen MR) is 70.5 cm³/mol. The van der Waals surface area contributed by atoms with Crippen LogP contribution in [0.3, 0.4) is 0 Å². The van der Waals surface area contributed by atoms with Crippen molar-refractivity contribution in [3.63, 3.8) is 0 Å². The number of aliphatic hydroxyl groups excluding tert-OH is 1. The maximum absolute atomic E-state index is 10.9. The Hall–Kier alpha value is -1.07. The van der Waals surface area contributed by atoms with E-state index in [0.29, 0.717) is 6.42 Å². The summed E-state index contributed by atoms with van der Waals surface area (Å²) < 4.78 is 0.721. The highest BCUT2D eigenvalue weighted by Gasteiger charge is 2.09. The summed E-state index contributed by atoms with van der Waals surface area (Å²) in [6, 6.07) is 5.12. The van der Waals surface area contributed by atoms with E-state index in [0.717, 1.165) is 16.6 Å². The first kappa shape index (κ1) is 14.0. The zero-order valence-electron chi connectivity index (χ0n) is 9.61. The van der Waals surface area contributed by atoms with Gasteiger partial charge in [0, 0.05) is 22.8 Å². The Balaban J connectivity index is 2.86. The number of anilines is 1. The van der Waals surface area contributed by atoms with E-state index in [4.69, 9.17) is 10.2 Å². The Bertz CT molecular complexity index is 395. The highest BCUT2D eigenvalue weighted by atomic mass is 79.9. The molecule has 1 aromatic rings. The van der Waals surface area contributed by atoms with Crippen molar-refractivity contribution in [3.05, 3.63) is 28.2 Å². The molecule has 17 heavy (non-hydrogen) atoms. The van der Waals surface area contributed by atoms with Crippen LogP contribution < -0.4 is 5.32 Å². The highest BCUT2D eigenvalue weighted by Crippen LogP contribution is 2.21. The maximum Gasteiger partial charge on any atom is 0.335 e. The Morgan fingerprint density at radius 3 is 2.71 bits per heavy atom. The normalized spacial score (nSPS) is 12.2. The fourth-order valence-corrected chi connectivity index (χ4v) is 2.06. The fourth-order valence-electron chi connectivity index (χ4n) is 1.57. The predicted octanol–water partition coefficient (Wildman–Crippen LogP) is 2.72. The van der Waals surface area contributed by atoms with E-state index in [1.807, 2.05) is 13.0 Å². The van der Waals surface area contributed by atoms with Gasteiger partial charge in [0.15, 0.2) is 0 Å². The van der Waals surface area contributed by atoms with E-state index >= 15 is 0 Å². The monoisotopic (exact) mass is 301 g/mol. The van der Waals surface area contributed by atoms with Crippen molar-refractivity contribution in [1.29, 1.82) is 0 Å². The fraction of sp³-hybridized carbons (Fsp3) is 0.417. The molecule has 0 spiro atoms. The van der Waals surface area contributed by atoms with E-state index in [9.17, 15) is 4.79 Å². The molecule has 0 amide bonds. The van der Waals surface area contributed by atoms with Crippen LogP contribution in [-0.2, 0) is 0 Å². The molecule has 3 N–H and O–H groups in total. The van der Waals surface area contributed by atoms with E-state index in [-0.39, 0.29) is 18.2 Å². The SMILES string of the molecule is CCC(CCO)Nc1cc(Br)cc(C(=O)O)c1. The molecule has 0 radical (unpaired) electrons. The second-order valence-electron chi connectivity index (χ2n) is 3.80. The van der Waals surface area contributed by atoms with Crippen molar-refractivity contribution in [2.45, 2.75) is 25.8 Å². The molecular formula is C12H16BrNO3. The molecule has 1 aromatic carbocycles. The number of aliphatic hydroxyl groups is 1. The van der Waals surface area contributed by atoms with E-state index in [1.54, 1.807) is 12.1 Å². The summed E-state index contributed by atoms with van der Waals surface area (Å²) in [5.41, 5.74) is 0.984. The zero-order valence-corrected chi connectivity index (χ0v) is 11.2. The van der Waals surface area contributed by atoms with Crippen LogP contribution in [0, 0.1) is 0 Å². The number of aromatic carboxylic acids is 1. The van der Waals surface area contributed by atoms with Gasteiger partial charge in [-0.05, 0) is 31.0 Å². The molecule has 1 rings (SSSR count). The lowest BCUT2D eigenvalue weighted by Gasteiger charge is -2.17. The molecule has 0 aliphatic rings. The van der Waals surface area contributed by atoms with Gasteiger partial charge >= 0.3 is 5.97 Å². The summed E-state index contributed by atoms with van der Waals surface area (Å²) in [6.45, 7) is 2.13. The number of carbonyl (C=O) groups is 1. The van der Waals surface area contributed by atoms with Crippen molar-refractivity contribution in [2.24, 2.45) is 0 Å². The van der Waals surface area contributed by atoms with Gasteiger partial charge in [0.05, 0.1) is 5.56 Å². The van der Waals surface area contributed by atoms with Crippen LogP contribution >= 0.6 is 15.9 Å². The van der Waals surface area contributed by atoms with Crippen LogP contribution in [0.1, 0.15) is 30.1 Å². The number of carboxylic acids is 1. The first-order valence-electron chi connectivity index (χ1n) is 5.48. The Labute approximate surface area is 109 Å². The second kappa shape index (κ2) is 6.61. The van der Waals surface area contributed by atoms with Crippen LogP contribution in [0.15, 0.2) is 22.7 Å². The van der Waals surface area contributed by atoms with Crippen molar-refractivity contribution in [2.75, 3.05) is 11.9 Å². The Kier molecular flexibility index (Phi) is 5.44. The summed E-state index contributed by atoms with van der Waals surface area (Å²) >= 11 is 3.28. The lowest BCUT2D eigenvalue weighted by atomic mass is 10.1. The molecule has 5 heteroatoms. The molecule has 0 aromatic heterocycles. The van der Waals surface area contributed by atoms with Crippen LogP contribution in [0.2, 0.25) is 0 Å². The summed E-state index contributed by atoms with van der Waals surface area (Å²) in [6.07, 6.45) is 1.51. The van der Waals surface area contributed by atoms with Gasteiger partial charge in [0.1, 0.15) is 0 Å². The molecule has 0 bridgehead atoms.